The first-order valence-electron chi connectivity index (χ1n) is 10.3. The van der Waals surface area contributed by atoms with E-state index in [2.05, 4.69) is 15.5 Å². The normalized spacial score (nSPS) is 27.4. The van der Waals surface area contributed by atoms with E-state index in [-0.39, 0.29) is 24.0 Å². The van der Waals surface area contributed by atoms with Crippen LogP contribution in [-0.2, 0) is 16.1 Å². The van der Waals surface area contributed by atoms with E-state index in [1.54, 1.807) is 12.1 Å². The highest BCUT2D eigenvalue weighted by Gasteiger charge is 2.44. The van der Waals surface area contributed by atoms with E-state index in [1.807, 2.05) is 13.1 Å². The lowest BCUT2D eigenvalue weighted by Crippen LogP contribution is -2.54. The Balaban J connectivity index is 1.51. The molecule has 2 fully saturated rings. The van der Waals surface area contributed by atoms with Crippen molar-refractivity contribution in [3.05, 3.63) is 34.9 Å². The second-order valence-corrected chi connectivity index (χ2v) is 8.40. The van der Waals surface area contributed by atoms with Crippen LogP contribution in [0.3, 0.4) is 0 Å². The van der Waals surface area contributed by atoms with Gasteiger partial charge in [-0.1, -0.05) is 6.07 Å². The summed E-state index contributed by atoms with van der Waals surface area (Å²) in [6.45, 7) is 2.44. The average Bonchev–Trinajstić information content (AvgIpc) is 2.92. The maximum atomic E-state index is 12.9. The highest BCUT2D eigenvalue weighted by atomic mass is 16.3. The molecule has 0 aliphatic carbocycles. The summed E-state index contributed by atoms with van der Waals surface area (Å²) in [5, 5.41) is 15.9. The molecular formula is C21H26N4O5. The summed E-state index contributed by atoms with van der Waals surface area (Å²) in [6, 6.07) is 4.18. The van der Waals surface area contributed by atoms with Gasteiger partial charge in [0.1, 0.15) is 6.04 Å². The summed E-state index contributed by atoms with van der Waals surface area (Å²) in [5.41, 5.74) is 0.648. The molecule has 2 saturated heterocycles. The van der Waals surface area contributed by atoms with Crippen molar-refractivity contribution >= 4 is 23.6 Å². The van der Waals surface area contributed by atoms with E-state index in [9.17, 15) is 24.3 Å². The Morgan fingerprint density at radius 2 is 1.97 bits per heavy atom. The van der Waals surface area contributed by atoms with Crippen LogP contribution in [0, 0.1) is 0 Å². The largest absolute Gasteiger partial charge is 0.387 e. The van der Waals surface area contributed by atoms with Crippen LogP contribution in [0.4, 0.5) is 0 Å². The Morgan fingerprint density at radius 1 is 1.20 bits per heavy atom. The molecule has 1 aromatic rings. The van der Waals surface area contributed by atoms with Gasteiger partial charge in [-0.2, -0.15) is 0 Å². The van der Waals surface area contributed by atoms with Gasteiger partial charge in [0.15, 0.2) is 0 Å². The summed E-state index contributed by atoms with van der Waals surface area (Å²) in [6.07, 6.45) is 1.85. The van der Waals surface area contributed by atoms with Crippen LogP contribution >= 0.6 is 0 Å². The molecule has 3 heterocycles. The van der Waals surface area contributed by atoms with Crippen molar-refractivity contribution < 1.29 is 24.3 Å². The Kier molecular flexibility index (Phi) is 5.44. The van der Waals surface area contributed by atoms with Gasteiger partial charge >= 0.3 is 0 Å². The lowest BCUT2D eigenvalue weighted by Gasteiger charge is -2.39. The quantitative estimate of drug-likeness (QED) is 0.563. The first kappa shape index (κ1) is 20.6. The number of piperidine rings is 2. The van der Waals surface area contributed by atoms with Crippen molar-refractivity contribution in [3.8, 4) is 0 Å². The lowest BCUT2D eigenvalue weighted by atomic mass is 9.92. The molecule has 0 spiro atoms. The number of aliphatic hydroxyl groups is 1. The molecule has 3 N–H and O–H groups in total. The highest BCUT2D eigenvalue weighted by Crippen LogP contribution is 2.29. The summed E-state index contributed by atoms with van der Waals surface area (Å²) >= 11 is 0. The van der Waals surface area contributed by atoms with E-state index < -0.39 is 35.3 Å². The predicted molar refractivity (Wildman–Crippen MR) is 107 cm³/mol. The summed E-state index contributed by atoms with van der Waals surface area (Å²) in [5.74, 6) is -2.01. The van der Waals surface area contributed by atoms with Crippen LogP contribution in [0.5, 0.6) is 0 Å². The zero-order chi connectivity index (χ0) is 21.5. The smallest absolute Gasteiger partial charge is 0.262 e. The van der Waals surface area contributed by atoms with Crippen molar-refractivity contribution in [2.45, 2.75) is 43.9 Å². The second-order valence-electron chi connectivity index (χ2n) is 8.40. The molecule has 9 nitrogen and oxygen atoms in total. The number of imide groups is 2. The van der Waals surface area contributed by atoms with Gasteiger partial charge in [-0.3, -0.25) is 34.3 Å². The molecule has 30 heavy (non-hydrogen) atoms. The third-order valence-electron chi connectivity index (χ3n) is 6.05. The minimum atomic E-state index is -0.961. The van der Waals surface area contributed by atoms with Crippen LogP contribution in [0.1, 0.15) is 52.0 Å². The van der Waals surface area contributed by atoms with Gasteiger partial charge in [-0.25, -0.2) is 0 Å². The van der Waals surface area contributed by atoms with Gasteiger partial charge in [0.2, 0.25) is 11.8 Å². The van der Waals surface area contributed by atoms with Gasteiger partial charge < -0.3 is 10.4 Å². The number of likely N-dealkylation sites (tertiary alicyclic amines) is 1. The number of amides is 4. The lowest BCUT2D eigenvalue weighted by molar-refractivity contribution is -0.136. The number of carbonyl (C=O) groups is 4. The van der Waals surface area contributed by atoms with Crippen LogP contribution in [0.15, 0.2) is 18.2 Å². The maximum Gasteiger partial charge on any atom is 0.262 e. The Bertz CT molecular complexity index is 913. The first-order valence-corrected chi connectivity index (χ1v) is 10.3. The second kappa shape index (κ2) is 7.90. The standard InChI is InChI=1S/C21H26N4O5/c1-22-11-21(30)7-2-8-24(12-21)10-13-3-4-14-15(9-13)20(29)25(19(14)28)16-5-6-17(26)23-18(16)27/h3-4,9,16,22,30H,2,5-8,10-12H2,1H3,(H,23,26,27). The molecule has 3 aliphatic rings. The van der Waals surface area contributed by atoms with Gasteiger partial charge in [0.05, 0.1) is 16.7 Å². The van der Waals surface area contributed by atoms with Gasteiger partial charge in [-0.15, -0.1) is 0 Å². The number of likely N-dealkylation sites (N-methyl/N-ethyl adjacent to an activating group) is 1. The van der Waals surface area contributed by atoms with Crippen LogP contribution in [0.25, 0.3) is 0 Å². The zero-order valence-electron chi connectivity index (χ0n) is 16.9. The number of carbonyl (C=O) groups excluding carboxylic acids is 4. The number of fused-ring (bicyclic) bond motifs is 1. The van der Waals surface area contributed by atoms with Crippen molar-refractivity contribution in [1.82, 2.24) is 20.4 Å². The highest BCUT2D eigenvalue weighted by molar-refractivity contribution is 6.23. The third kappa shape index (κ3) is 3.76. The van der Waals surface area contributed by atoms with E-state index in [0.29, 0.717) is 19.6 Å². The van der Waals surface area contributed by atoms with Gasteiger partial charge in [0.25, 0.3) is 11.8 Å². The number of rotatable bonds is 5. The van der Waals surface area contributed by atoms with E-state index >= 15 is 0 Å². The molecule has 160 valence electrons. The van der Waals surface area contributed by atoms with Gasteiger partial charge in [-0.05, 0) is 50.6 Å². The SMILES string of the molecule is CNCC1(O)CCCN(Cc2ccc3c(c2)C(=O)N(C2CCC(=O)NC2=O)C3=O)C1. The molecule has 0 aromatic heterocycles. The predicted octanol–water partition coefficient (Wildman–Crippen LogP) is -0.366. The van der Waals surface area contributed by atoms with Crippen LogP contribution in [-0.4, -0.2) is 76.9 Å². The molecule has 1 aromatic carbocycles. The molecule has 0 radical (unpaired) electrons. The molecule has 2 atom stereocenters. The molecule has 3 aliphatic heterocycles. The van der Waals surface area contributed by atoms with Crippen molar-refractivity contribution in [2.75, 3.05) is 26.7 Å². The zero-order valence-corrected chi connectivity index (χ0v) is 16.9. The molecule has 2 unspecified atom stereocenters. The minimum Gasteiger partial charge on any atom is -0.387 e. The molecular weight excluding hydrogens is 388 g/mol. The molecule has 0 saturated carbocycles. The van der Waals surface area contributed by atoms with Crippen molar-refractivity contribution in [1.29, 1.82) is 0 Å². The summed E-state index contributed by atoms with van der Waals surface area (Å²) in [7, 11) is 1.81. The van der Waals surface area contributed by atoms with E-state index in [4.69, 9.17) is 0 Å². The molecule has 4 rings (SSSR count). The van der Waals surface area contributed by atoms with E-state index in [1.165, 1.54) is 0 Å². The number of benzene rings is 1. The Labute approximate surface area is 174 Å². The fourth-order valence-corrected chi connectivity index (χ4v) is 4.69. The molecule has 9 heteroatoms. The van der Waals surface area contributed by atoms with E-state index in [0.717, 1.165) is 29.8 Å². The fourth-order valence-electron chi connectivity index (χ4n) is 4.69. The van der Waals surface area contributed by atoms with Crippen LogP contribution in [0.2, 0.25) is 0 Å². The Morgan fingerprint density at radius 3 is 2.70 bits per heavy atom. The summed E-state index contributed by atoms with van der Waals surface area (Å²) in [4.78, 5) is 52.4. The van der Waals surface area contributed by atoms with Crippen LogP contribution < -0.4 is 10.6 Å². The number of hydrogen-bond acceptors (Lipinski definition) is 7. The maximum absolute atomic E-state index is 12.9. The average molecular weight is 414 g/mol. The molecule has 4 amide bonds. The first-order chi connectivity index (χ1) is 14.3. The third-order valence-corrected chi connectivity index (χ3v) is 6.05. The van der Waals surface area contributed by atoms with Crippen molar-refractivity contribution in [3.63, 3.8) is 0 Å². The number of nitrogens with zero attached hydrogens (tertiary/aromatic N) is 2. The number of β-amino-alcohol motifs (C(OH)–C–C–N with tert-alkyl or cyclic N) is 1. The fraction of sp³-hybridized carbons (Fsp3) is 0.524. The van der Waals surface area contributed by atoms with Crippen molar-refractivity contribution in [2.24, 2.45) is 0 Å². The Hall–Kier alpha value is -2.62. The number of nitrogens with one attached hydrogen (secondary N) is 2. The topological polar surface area (TPSA) is 119 Å². The minimum absolute atomic E-state index is 0.0968. The molecule has 0 bridgehead atoms. The summed E-state index contributed by atoms with van der Waals surface area (Å²) < 4.78 is 0. The van der Waals surface area contributed by atoms with Gasteiger partial charge in [0, 0.05) is 26.1 Å². The monoisotopic (exact) mass is 414 g/mol. The number of hydrogen-bond donors (Lipinski definition) is 3.